The van der Waals surface area contributed by atoms with Crippen LogP contribution >= 0.6 is 0 Å². The molecule has 1 aliphatic rings. The van der Waals surface area contributed by atoms with Crippen LogP contribution in [-0.4, -0.2) is 20.2 Å². The molecule has 3 rings (SSSR count). The van der Waals surface area contributed by atoms with Crippen molar-refractivity contribution < 1.29 is 0 Å². The van der Waals surface area contributed by atoms with E-state index in [9.17, 15) is 0 Å². The van der Waals surface area contributed by atoms with Crippen LogP contribution in [0.15, 0.2) is 18.2 Å². The summed E-state index contributed by atoms with van der Waals surface area (Å²) in [6.45, 7) is 3.08. The van der Waals surface area contributed by atoms with Gasteiger partial charge >= 0.3 is 0 Å². The molecule has 1 fully saturated rings. The fourth-order valence-corrected chi connectivity index (χ4v) is 2.44. The van der Waals surface area contributed by atoms with Gasteiger partial charge in [-0.15, -0.1) is 5.10 Å². The molecule has 0 aliphatic heterocycles. The smallest absolute Gasteiger partial charge is 0.182 e. The molecule has 0 unspecified atom stereocenters. The van der Waals surface area contributed by atoms with Crippen molar-refractivity contribution >= 4 is 11.4 Å². The minimum atomic E-state index is 0.385. The highest BCUT2D eigenvalue weighted by Gasteiger charge is 2.41. The van der Waals surface area contributed by atoms with Crippen molar-refractivity contribution in [2.24, 2.45) is 5.41 Å². The molecule has 100 valence electrons. The fourth-order valence-electron chi connectivity index (χ4n) is 2.44. The van der Waals surface area contributed by atoms with Crippen molar-refractivity contribution in [2.75, 3.05) is 11.5 Å². The molecular weight excluding hydrogens is 240 g/mol. The zero-order valence-electron chi connectivity index (χ0n) is 11.0. The summed E-state index contributed by atoms with van der Waals surface area (Å²) < 4.78 is 1.87. The highest BCUT2D eigenvalue weighted by Crippen LogP contribution is 2.50. The van der Waals surface area contributed by atoms with Gasteiger partial charge in [0.25, 0.3) is 0 Å². The topological polar surface area (TPSA) is 95.6 Å². The normalized spacial score (nSPS) is 16.5. The molecule has 1 saturated carbocycles. The molecule has 2 aromatic rings. The number of tetrazole rings is 1. The third-order valence-electron chi connectivity index (χ3n) is 3.96. The molecule has 1 heterocycles. The Hall–Kier alpha value is -2.11. The van der Waals surface area contributed by atoms with Crippen molar-refractivity contribution in [3.63, 3.8) is 0 Å². The zero-order valence-corrected chi connectivity index (χ0v) is 11.0. The van der Waals surface area contributed by atoms with E-state index >= 15 is 0 Å². The predicted octanol–water partition coefficient (Wildman–Crippen LogP) is 1.69. The van der Waals surface area contributed by atoms with Crippen LogP contribution in [0.4, 0.5) is 11.4 Å². The molecule has 6 heteroatoms. The van der Waals surface area contributed by atoms with Gasteiger partial charge in [-0.25, -0.2) is 4.68 Å². The second kappa shape index (κ2) is 4.22. The summed E-state index contributed by atoms with van der Waals surface area (Å²) in [5.41, 5.74) is 14.2. The van der Waals surface area contributed by atoms with Crippen molar-refractivity contribution in [3.8, 4) is 11.4 Å². The fraction of sp³-hybridized carbons (Fsp3) is 0.462. The Balaban J connectivity index is 1.95. The lowest BCUT2D eigenvalue weighted by molar-refractivity contribution is 0.382. The first-order valence-electron chi connectivity index (χ1n) is 6.54. The van der Waals surface area contributed by atoms with Gasteiger partial charge in [-0.3, -0.25) is 0 Å². The van der Waals surface area contributed by atoms with Crippen LogP contribution in [0.2, 0.25) is 0 Å². The Kier molecular flexibility index (Phi) is 2.66. The first kappa shape index (κ1) is 12.0. The number of nitrogens with two attached hydrogens (primary N) is 2. The Morgan fingerprint density at radius 2 is 1.89 bits per heavy atom. The number of nitrogens with zero attached hydrogens (tertiary/aromatic N) is 4. The third kappa shape index (κ3) is 2.25. The SMILES string of the molecule is CCC1(Cn2nnnc2-c2cc(N)cc(N)c2)CC1. The lowest BCUT2D eigenvalue weighted by Gasteiger charge is -2.13. The van der Waals surface area contributed by atoms with E-state index in [-0.39, 0.29) is 0 Å². The Morgan fingerprint density at radius 3 is 2.47 bits per heavy atom. The van der Waals surface area contributed by atoms with Crippen LogP contribution in [0, 0.1) is 5.41 Å². The van der Waals surface area contributed by atoms with Gasteiger partial charge in [0.05, 0.1) is 6.54 Å². The van der Waals surface area contributed by atoms with E-state index in [1.807, 2.05) is 16.8 Å². The molecule has 0 spiro atoms. The van der Waals surface area contributed by atoms with Crippen LogP contribution in [-0.2, 0) is 6.54 Å². The molecule has 0 atom stereocenters. The van der Waals surface area contributed by atoms with E-state index in [0.717, 1.165) is 24.4 Å². The third-order valence-corrected chi connectivity index (χ3v) is 3.96. The highest BCUT2D eigenvalue weighted by atomic mass is 15.5. The standard InChI is InChI=1S/C13H18N6/c1-2-13(3-4-13)8-19-12(16-17-18-19)9-5-10(14)7-11(15)6-9/h5-7H,2-4,8,14-15H2,1H3. The molecular formula is C13H18N6. The molecule has 4 N–H and O–H groups in total. The average molecular weight is 258 g/mol. The van der Waals surface area contributed by atoms with Gasteiger partial charge in [-0.2, -0.15) is 0 Å². The number of hydrogen-bond donors (Lipinski definition) is 2. The number of hydrogen-bond acceptors (Lipinski definition) is 5. The second-order valence-electron chi connectivity index (χ2n) is 5.40. The van der Waals surface area contributed by atoms with Gasteiger partial charge in [0.2, 0.25) is 0 Å². The van der Waals surface area contributed by atoms with E-state index < -0.39 is 0 Å². The summed E-state index contributed by atoms with van der Waals surface area (Å²) >= 11 is 0. The summed E-state index contributed by atoms with van der Waals surface area (Å²) in [6.07, 6.45) is 3.66. The minimum absolute atomic E-state index is 0.385. The van der Waals surface area contributed by atoms with E-state index in [4.69, 9.17) is 11.5 Å². The van der Waals surface area contributed by atoms with Gasteiger partial charge in [-0.1, -0.05) is 6.92 Å². The number of rotatable bonds is 4. The van der Waals surface area contributed by atoms with E-state index in [1.54, 1.807) is 6.07 Å². The maximum absolute atomic E-state index is 5.82. The van der Waals surface area contributed by atoms with Gasteiger partial charge in [0.15, 0.2) is 5.82 Å². The molecule has 0 bridgehead atoms. The maximum Gasteiger partial charge on any atom is 0.182 e. The van der Waals surface area contributed by atoms with Crippen LogP contribution in [0.5, 0.6) is 0 Å². The van der Waals surface area contributed by atoms with E-state index in [1.165, 1.54) is 12.8 Å². The molecule has 0 radical (unpaired) electrons. The van der Waals surface area contributed by atoms with Crippen molar-refractivity contribution in [2.45, 2.75) is 32.7 Å². The summed E-state index contributed by atoms with van der Waals surface area (Å²) in [6, 6.07) is 5.43. The Morgan fingerprint density at radius 1 is 1.21 bits per heavy atom. The van der Waals surface area contributed by atoms with Gasteiger partial charge < -0.3 is 11.5 Å². The van der Waals surface area contributed by atoms with Gasteiger partial charge in [-0.05, 0) is 53.3 Å². The number of nitrogen functional groups attached to an aromatic ring is 2. The van der Waals surface area contributed by atoms with Gasteiger partial charge in [0, 0.05) is 16.9 Å². The first-order chi connectivity index (χ1) is 9.12. The highest BCUT2D eigenvalue weighted by molar-refractivity contribution is 5.67. The lowest BCUT2D eigenvalue weighted by Crippen LogP contribution is -2.13. The van der Waals surface area contributed by atoms with Crippen molar-refractivity contribution in [1.82, 2.24) is 20.2 Å². The summed E-state index contributed by atoms with van der Waals surface area (Å²) in [5, 5.41) is 12.0. The van der Waals surface area contributed by atoms with Crippen molar-refractivity contribution in [1.29, 1.82) is 0 Å². The number of anilines is 2. The number of aromatic nitrogens is 4. The zero-order chi connectivity index (χ0) is 13.5. The Bertz CT molecular complexity index is 579. The van der Waals surface area contributed by atoms with Crippen LogP contribution in [0.1, 0.15) is 26.2 Å². The minimum Gasteiger partial charge on any atom is -0.399 e. The largest absolute Gasteiger partial charge is 0.399 e. The van der Waals surface area contributed by atoms with Crippen LogP contribution in [0.3, 0.4) is 0 Å². The second-order valence-corrected chi connectivity index (χ2v) is 5.40. The molecule has 19 heavy (non-hydrogen) atoms. The van der Waals surface area contributed by atoms with Crippen LogP contribution in [0.25, 0.3) is 11.4 Å². The lowest BCUT2D eigenvalue weighted by atomic mass is 10.0. The predicted molar refractivity (Wildman–Crippen MR) is 74.0 cm³/mol. The molecule has 1 aliphatic carbocycles. The molecule has 6 nitrogen and oxygen atoms in total. The molecule has 1 aromatic carbocycles. The molecule has 1 aromatic heterocycles. The van der Waals surface area contributed by atoms with Gasteiger partial charge in [0.1, 0.15) is 0 Å². The summed E-state index contributed by atoms with van der Waals surface area (Å²) in [4.78, 5) is 0. The molecule has 0 saturated heterocycles. The van der Waals surface area contributed by atoms with E-state index in [2.05, 4.69) is 22.4 Å². The summed E-state index contributed by atoms with van der Waals surface area (Å²) in [7, 11) is 0. The monoisotopic (exact) mass is 258 g/mol. The van der Waals surface area contributed by atoms with Crippen LogP contribution < -0.4 is 11.5 Å². The number of benzene rings is 1. The Labute approximate surface area is 111 Å². The van der Waals surface area contributed by atoms with Crippen molar-refractivity contribution in [3.05, 3.63) is 18.2 Å². The molecule has 0 amide bonds. The maximum atomic E-state index is 5.82. The average Bonchev–Trinajstić information content (AvgIpc) is 2.98. The summed E-state index contributed by atoms with van der Waals surface area (Å²) in [5.74, 6) is 0.735. The van der Waals surface area contributed by atoms with E-state index in [0.29, 0.717) is 16.8 Å². The quantitative estimate of drug-likeness (QED) is 0.814. The first-order valence-corrected chi connectivity index (χ1v) is 6.54.